The SMILES string of the molecule is CC(N)Cc1ccc(N2CCn3ccnc3C2)nc1. The summed E-state index contributed by atoms with van der Waals surface area (Å²) in [6.07, 6.45) is 6.70. The van der Waals surface area contributed by atoms with Crippen molar-refractivity contribution in [1.82, 2.24) is 14.5 Å². The first-order chi connectivity index (χ1) is 9.22. The summed E-state index contributed by atoms with van der Waals surface area (Å²) in [5.41, 5.74) is 6.99. The summed E-state index contributed by atoms with van der Waals surface area (Å²) in [6, 6.07) is 4.37. The maximum atomic E-state index is 5.80. The molecule has 0 radical (unpaired) electrons. The van der Waals surface area contributed by atoms with Crippen LogP contribution in [0.3, 0.4) is 0 Å². The highest BCUT2D eigenvalue weighted by Crippen LogP contribution is 2.18. The molecule has 1 unspecified atom stereocenters. The number of aromatic nitrogens is 3. The molecule has 2 aromatic heterocycles. The fourth-order valence-electron chi connectivity index (χ4n) is 2.47. The summed E-state index contributed by atoms with van der Waals surface area (Å²) in [6.45, 7) is 4.78. The molecule has 0 bridgehead atoms. The van der Waals surface area contributed by atoms with Crippen LogP contribution in [0, 0.1) is 0 Å². The number of hydrogen-bond donors (Lipinski definition) is 1. The zero-order valence-electron chi connectivity index (χ0n) is 11.2. The highest BCUT2D eigenvalue weighted by Gasteiger charge is 2.17. The lowest BCUT2D eigenvalue weighted by molar-refractivity contribution is 0.556. The van der Waals surface area contributed by atoms with Crippen molar-refractivity contribution in [1.29, 1.82) is 0 Å². The van der Waals surface area contributed by atoms with E-state index in [2.05, 4.69) is 31.6 Å². The molecule has 0 spiro atoms. The van der Waals surface area contributed by atoms with Crippen LogP contribution >= 0.6 is 0 Å². The van der Waals surface area contributed by atoms with Crippen molar-refractivity contribution in [2.24, 2.45) is 5.73 Å². The third-order valence-corrected chi connectivity index (χ3v) is 3.44. The van der Waals surface area contributed by atoms with Crippen LogP contribution in [-0.4, -0.2) is 27.1 Å². The van der Waals surface area contributed by atoms with Crippen molar-refractivity contribution >= 4 is 5.82 Å². The predicted molar refractivity (Wildman–Crippen MR) is 74.9 cm³/mol. The quantitative estimate of drug-likeness (QED) is 0.897. The molecule has 1 aliphatic rings. The minimum absolute atomic E-state index is 0.176. The molecule has 2 N–H and O–H groups in total. The molecule has 1 atom stereocenters. The van der Waals surface area contributed by atoms with Gasteiger partial charge in [0.2, 0.25) is 0 Å². The highest BCUT2D eigenvalue weighted by atomic mass is 15.3. The van der Waals surface area contributed by atoms with E-state index < -0.39 is 0 Å². The largest absolute Gasteiger partial charge is 0.347 e. The smallest absolute Gasteiger partial charge is 0.128 e. The molecular formula is C14H19N5. The van der Waals surface area contributed by atoms with Gasteiger partial charge in [-0.2, -0.15) is 0 Å². The molecule has 5 nitrogen and oxygen atoms in total. The van der Waals surface area contributed by atoms with Gasteiger partial charge in [0.15, 0.2) is 0 Å². The fourth-order valence-corrected chi connectivity index (χ4v) is 2.47. The molecule has 2 aromatic rings. The normalized spacial score (nSPS) is 16.2. The van der Waals surface area contributed by atoms with E-state index in [1.807, 2.05) is 25.5 Å². The Hall–Kier alpha value is -1.88. The average molecular weight is 257 g/mol. The van der Waals surface area contributed by atoms with E-state index in [9.17, 15) is 0 Å². The van der Waals surface area contributed by atoms with Crippen molar-refractivity contribution < 1.29 is 0 Å². The van der Waals surface area contributed by atoms with Crippen LogP contribution in [0.2, 0.25) is 0 Å². The van der Waals surface area contributed by atoms with Gasteiger partial charge in [-0.15, -0.1) is 0 Å². The molecule has 0 amide bonds. The van der Waals surface area contributed by atoms with Crippen LogP contribution in [0.4, 0.5) is 5.82 Å². The monoisotopic (exact) mass is 257 g/mol. The maximum absolute atomic E-state index is 5.80. The van der Waals surface area contributed by atoms with Gasteiger partial charge in [-0.3, -0.25) is 0 Å². The Morgan fingerprint density at radius 2 is 2.21 bits per heavy atom. The van der Waals surface area contributed by atoms with Crippen LogP contribution in [0.1, 0.15) is 18.3 Å². The summed E-state index contributed by atoms with van der Waals surface area (Å²) < 4.78 is 2.20. The zero-order valence-corrected chi connectivity index (χ0v) is 11.2. The second kappa shape index (κ2) is 5.01. The minimum atomic E-state index is 0.176. The number of nitrogens with two attached hydrogens (primary N) is 1. The van der Waals surface area contributed by atoms with Gasteiger partial charge in [-0.05, 0) is 25.0 Å². The van der Waals surface area contributed by atoms with Crippen molar-refractivity contribution in [3.8, 4) is 0 Å². The number of anilines is 1. The molecule has 100 valence electrons. The molecule has 0 saturated carbocycles. The maximum Gasteiger partial charge on any atom is 0.128 e. The Labute approximate surface area is 113 Å². The van der Waals surface area contributed by atoms with Crippen LogP contribution in [-0.2, 0) is 19.5 Å². The molecule has 3 rings (SSSR count). The van der Waals surface area contributed by atoms with E-state index in [0.29, 0.717) is 0 Å². The van der Waals surface area contributed by atoms with Crippen molar-refractivity contribution in [2.75, 3.05) is 11.4 Å². The van der Waals surface area contributed by atoms with Gasteiger partial charge in [-0.1, -0.05) is 6.07 Å². The van der Waals surface area contributed by atoms with E-state index in [1.54, 1.807) is 0 Å². The number of hydrogen-bond acceptors (Lipinski definition) is 4. The molecule has 3 heterocycles. The average Bonchev–Trinajstić information content (AvgIpc) is 2.86. The van der Waals surface area contributed by atoms with E-state index in [-0.39, 0.29) is 6.04 Å². The van der Waals surface area contributed by atoms with E-state index in [4.69, 9.17) is 5.73 Å². The minimum Gasteiger partial charge on any atom is -0.347 e. The third-order valence-electron chi connectivity index (χ3n) is 3.44. The molecule has 1 aliphatic heterocycles. The number of nitrogens with zero attached hydrogens (tertiary/aromatic N) is 4. The van der Waals surface area contributed by atoms with E-state index in [0.717, 1.165) is 37.7 Å². The van der Waals surface area contributed by atoms with Gasteiger partial charge < -0.3 is 15.2 Å². The highest BCUT2D eigenvalue weighted by molar-refractivity contribution is 5.40. The molecular weight excluding hydrogens is 238 g/mol. The standard InChI is InChI=1S/C14H19N5/c1-11(15)8-12-2-3-13(17-9-12)19-7-6-18-5-4-16-14(18)10-19/h2-5,9,11H,6-8,10,15H2,1H3. The Morgan fingerprint density at radius 3 is 2.95 bits per heavy atom. The third kappa shape index (κ3) is 2.61. The summed E-state index contributed by atoms with van der Waals surface area (Å²) in [4.78, 5) is 11.2. The lowest BCUT2D eigenvalue weighted by Crippen LogP contribution is -2.34. The van der Waals surface area contributed by atoms with Crippen molar-refractivity contribution in [3.05, 3.63) is 42.1 Å². The van der Waals surface area contributed by atoms with Gasteiger partial charge in [0.05, 0.1) is 6.54 Å². The van der Waals surface area contributed by atoms with E-state index in [1.165, 1.54) is 5.56 Å². The zero-order chi connectivity index (χ0) is 13.2. The molecule has 5 heteroatoms. The summed E-state index contributed by atoms with van der Waals surface area (Å²) in [5, 5.41) is 0. The fraction of sp³-hybridized carbons (Fsp3) is 0.429. The number of pyridine rings is 1. The first kappa shape index (κ1) is 12.2. The second-order valence-corrected chi connectivity index (χ2v) is 5.16. The number of rotatable bonds is 3. The lowest BCUT2D eigenvalue weighted by atomic mass is 10.1. The van der Waals surface area contributed by atoms with Gasteiger partial charge in [0.1, 0.15) is 11.6 Å². The number of imidazole rings is 1. The lowest BCUT2D eigenvalue weighted by Gasteiger charge is -2.28. The summed E-state index contributed by atoms with van der Waals surface area (Å²) >= 11 is 0. The molecule has 0 aliphatic carbocycles. The Bertz CT molecular complexity index is 543. The molecule has 0 fully saturated rings. The molecule has 0 aromatic carbocycles. The van der Waals surface area contributed by atoms with Gasteiger partial charge in [0, 0.05) is 37.7 Å². The van der Waals surface area contributed by atoms with Gasteiger partial charge in [-0.25, -0.2) is 9.97 Å². The Morgan fingerprint density at radius 1 is 1.32 bits per heavy atom. The first-order valence-electron chi connectivity index (χ1n) is 6.68. The van der Waals surface area contributed by atoms with E-state index >= 15 is 0 Å². The summed E-state index contributed by atoms with van der Waals surface area (Å²) in [5.74, 6) is 2.12. The second-order valence-electron chi connectivity index (χ2n) is 5.16. The molecule has 19 heavy (non-hydrogen) atoms. The van der Waals surface area contributed by atoms with Gasteiger partial charge >= 0.3 is 0 Å². The topological polar surface area (TPSA) is 60.0 Å². The Balaban J connectivity index is 1.73. The van der Waals surface area contributed by atoms with Crippen LogP contribution < -0.4 is 10.6 Å². The molecule has 0 saturated heterocycles. The van der Waals surface area contributed by atoms with Gasteiger partial charge in [0.25, 0.3) is 0 Å². The first-order valence-corrected chi connectivity index (χ1v) is 6.68. The van der Waals surface area contributed by atoms with Crippen LogP contribution in [0.5, 0.6) is 0 Å². The van der Waals surface area contributed by atoms with Crippen LogP contribution in [0.15, 0.2) is 30.7 Å². The Kier molecular flexibility index (Phi) is 3.21. The van der Waals surface area contributed by atoms with Crippen LogP contribution in [0.25, 0.3) is 0 Å². The van der Waals surface area contributed by atoms with Crippen molar-refractivity contribution in [2.45, 2.75) is 32.5 Å². The predicted octanol–water partition coefficient (Wildman–Crippen LogP) is 1.19. The summed E-state index contributed by atoms with van der Waals surface area (Å²) in [7, 11) is 0. The number of fused-ring (bicyclic) bond motifs is 1. The van der Waals surface area contributed by atoms with Crippen molar-refractivity contribution in [3.63, 3.8) is 0 Å².